The molecule has 2 aromatic carbocycles. The predicted molar refractivity (Wildman–Crippen MR) is 103 cm³/mol. The average Bonchev–Trinajstić information content (AvgIpc) is 2.49. The van der Waals surface area contributed by atoms with E-state index in [1.54, 1.807) is 17.8 Å². The number of carbonyl (C=O) groups is 1. The highest BCUT2D eigenvalue weighted by Gasteiger charge is 2.04. The molecule has 0 radical (unpaired) electrons. The zero-order valence-electron chi connectivity index (χ0n) is 12.3. The molecule has 122 valence electrons. The van der Waals surface area contributed by atoms with E-state index in [0.29, 0.717) is 23.0 Å². The fourth-order valence-corrected chi connectivity index (χ4v) is 3.84. The fourth-order valence-electron chi connectivity index (χ4n) is 1.98. The lowest BCUT2D eigenvalue weighted by molar-refractivity contribution is -0.120. The van der Waals surface area contributed by atoms with Gasteiger partial charge in [0.25, 0.3) is 0 Å². The van der Waals surface area contributed by atoms with Gasteiger partial charge in [0.05, 0.1) is 6.42 Å². The summed E-state index contributed by atoms with van der Waals surface area (Å²) in [6.45, 7) is 0.642. The Balaban J connectivity index is 1.66. The van der Waals surface area contributed by atoms with E-state index in [4.69, 9.17) is 23.2 Å². The van der Waals surface area contributed by atoms with E-state index in [9.17, 15) is 4.79 Å². The highest BCUT2D eigenvalue weighted by atomic mass is 79.9. The van der Waals surface area contributed by atoms with Gasteiger partial charge in [-0.3, -0.25) is 4.79 Å². The Labute approximate surface area is 159 Å². The molecule has 0 aliphatic rings. The van der Waals surface area contributed by atoms with Crippen molar-refractivity contribution in [3.63, 3.8) is 0 Å². The fraction of sp³-hybridized carbons (Fsp3) is 0.235. The smallest absolute Gasteiger partial charge is 0.224 e. The van der Waals surface area contributed by atoms with Crippen LogP contribution in [0, 0.1) is 0 Å². The zero-order valence-corrected chi connectivity index (χ0v) is 16.2. The Bertz CT molecular complexity index is 681. The molecule has 1 N–H and O–H groups in total. The first-order chi connectivity index (χ1) is 11.0. The van der Waals surface area contributed by atoms with Crippen molar-refractivity contribution in [3.05, 3.63) is 68.1 Å². The minimum Gasteiger partial charge on any atom is -0.355 e. The van der Waals surface area contributed by atoms with E-state index >= 15 is 0 Å². The van der Waals surface area contributed by atoms with Crippen LogP contribution in [0.15, 0.2) is 46.9 Å². The zero-order chi connectivity index (χ0) is 16.7. The summed E-state index contributed by atoms with van der Waals surface area (Å²) in [6, 6.07) is 13.3. The normalized spacial score (nSPS) is 10.6. The van der Waals surface area contributed by atoms with E-state index in [1.165, 1.54) is 0 Å². The summed E-state index contributed by atoms with van der Waals surface area (Å²) < 4.78 is 0.984. The molecule has 0 spiro atoms. The molecular weight excluding hydrogens is 417 g/mol. The summed E-state index contributed by atoms with van der Waals surface area (Å²) in [5.41, 5.74) is 2.05. The highest BCUT2D eigenvalue weighted by molar-refractivity contribution is 9.10. The second-order valence-electron chi connectivity index (χ2n) is 4.94. The van der Waals surface area contributed by atoms with Gasteiger partial charge in [-0.15, -0.1) is 0 Å². The van der Waals surface area contributed by atoms with Gasteiger partial charge in [-0.05, 0) is 35.4 Å². The third kappa shape index (κ3) is 6.76. The summed E-state index contributed by atoms with van der Waals surface area (Å²) in [6.07, 6.45) is 0.396. The SMILES string of the molecule is O=C(Cc1cccc(Br)c1)NCCSCc1ccc(Cl)cc1Cl. The maximum atomic E-state index is 11.9. The van der Waals surface area contributed by atoms with E-state index in [1.807, 2.05) is 36.4 Å². The molecule has 2 rings (SSSR count). The lowest BCUT2D eigenvalue weighted by Gasteiger charge is -2.07. The minimum absolute atomic E-state index is 0.0354. The van der Waals surface area contributed by atoms with E-state index in [2.05, 4.69) is 21.2 Å². The van der Waals surface area contributed by atoms with Crippen LogP contribution in [0.1, 0.15) is 11.1 Å². The van der Waals surface area contributed by atoms with Gasteiger partial charge in [0.15, 0.2) is 0 Å². The third-order valence-corrected chi connectivity index (χ3v) is 5.18. The van der Waals surface area contributed by atoms with Gasteiger partial charge in [0, 0.05) is 32.6 Å². The third-order valence-electron chi connectivity index (χ3n) is 3.09. The van der Waals surface area contributed by atoms with Crippen LogP contribution in [0.25, 0.3) is 0 Å². The molecule has 2 aromatic rings. The maximum absolute atomic E-state index is 11.9. The minimum atomic E-state index is 0.0354. The van der Waals surface area contributed by atoms with Crippen molar-refractivity contribution in [1.29, 1.82) is 0 Å². The van der Waals surface area contributed by atoms with Crippen LogP contribution in [-0.2, 0) is 17.0 Å². The van der Waals surface area contributed by atoms with Crippen LogP contribution < -0.4 is 5.32 Å². The van der Waals surface area contributed by atoms with Gasteiger partial charge in [0.2, 0.25) is 5.91 Å². The van der Waals surface area contributed by atoms with Crippen molar-refractivity contribution < 1.29 is 4.79 Å². The van der Waals surface area contributed by atoms with Gasteiger partial charge in [0.1, 0.15) is 0 Å². The Morgan fingerprint density at radius 3 is 2.74 bits per heavy atom. The van der Waals surface area contributed by atoms with Gasteiger partial charge in [-0.1, -0.05) is 57.3 Å². The first-order valence-electron chi connectivity index (χ1n) is 7.07. The van der Waals surface area contributed by atoms with Crippen LogP contribution in [0.4, 0.5) is 0 Å². The van der Waals surface area contributed by atoms with Gasteiger partial charge in [-0.2, -0.15) is 11.8 Å². The standard InChI is InChI=1S/C17H16BrCl2NOS/c18-14-3-1-2-12(8-14)9-17(22)21-6-7-23-11-13-4-5-15(19)10-16(13)20/h1-5,8,10H,6-7,9,11H2,(H,21,22). The molecule has 0 fully saturated rings. The first kappa shape index (κ1) is 18.7. The molecule has 0 bridgehead atoms. The number of rotatable bonds is 7. The molecule has 0 saturated carbocycles. The lowest BCUT2D eigenvalue weighted by atomic mass is 10.1. The number of benzene rings is 2. The largest absolute Gasteiger partial charge is 0.355 e. The number of hydrogen-bond acceptors (Lipinski definition) is 2. The van der Waals surface area contributed by atoms with E-state index in [0.717, 1.165) is 27.1 Å². The van der Waals surface area contributed by atoms with Crippen molar-refractivity contribution in [2.24, 2.45) is 0 Å². The second-order valence-corrected chi connectivity index (χ2v) is 7.81. The number of thioether (sulfide) groups is 1. The van der Waals surface area contributed by atoms with Crippen molar-refractivity contribution >= 4 is 56.8 Å². The molecule has 0 unspecified atom stereocenters. The highest BCUT2D eigenvalue weighted by Crippen LogP contribution is 2.24. The van der Waals surface area contributed by atoms with Crippen molar-refractivity contribution in [2.45, 2.75) is 12.2 Å². The van der Waals surface area contributed by atoms with Crippen LogP contribution in [0.3, 0.4) is 0 Å². The molecule has 1 amide bonds. The molecular formula is C17H16BrCl2NOS. The number of amides is 1. The summed E-state index contributed by atoms with van der Waals surface area (Å²) in [7, 11) is 0. The average molecular weight is 433 g/mol. The van der Waals surface area contributed by atoms with Crippen LogP contribution in [0.2, 0.25) is 10.0 Å². The molecule has 23 heavy (non-hydrogen) atoms. The summed E-state index contributed by atoms with van der Waals surface area (Å²) in [5.74, 6) is 1.67. The molecule has 0 aromatic heterocycles. The van der Waals surface area contributed by atoms with Gasteiger partial charge >= 0.3 is 0 Å². The van der Waals surface area contributed by atoms with Gasteiger partial charge in [-0.25, -0.2) is 0 Å². The number of nitrogens with one attached hydrogen (secondary N) is 1. The second kappa shape index (κ2) is 9.58. The van der Waals surface area contributed by atoms with E-state index < -0.39 is 0 Å². The quantitative estimate of drug-likeness (QED) is 0.597. The van der Waals surface area contributed by atoms with E-state index in [-0.39, 0.29) is 5.91 Å². The van der Waals surface area contributed by atoms with Crippen LogP contribution in [0.5, 0.6) is 0 Å². The molecule has 6 heteroatoms. The molecule has 0 aliphatic heterocycles. The number of halogens is 3. The molecule has 0 aliphatic carbocycles. The van der Waals surface area contributed by atoms with Crippen LogP contribution >= 0.6 is 50.9 Å². The maximum Gasteiger partial charge on any atom is 0.224 e. The number of carbonyl (C=O) groups excluding carboxylic acids is 1. The lowest BCUT2D eigenvalue weighted by Crippen LogP contribution is -2.27. The van der Waals surface area contributed by atoms with Crippen LogP contribution in [-0.4, -0.2) is 18.2 Å². The summed E-state index contributed by atoms with van der Waals surface area (Å²) in [4.78, 5) is 11.9. The van der Waals surface area contributed by atoms with Crippen molar-refractivity contribution in [2.75, 3.05) is 12.3 Å². The Kier molecular flexibility index (Phi) is 7.77. The predicted octanol–water partition coefficient (Wildman–Crippen LogP) is 5.35. The Hall–Kier alpha value is -0.680. The van der Waals surface area contributed by atoms with Gasteiger partial charge < -0.3 is 5.32 Å². The molecule has 0 saturated heterocycles. The summed E-state index contributed by atoms with van der Waals surface area (Å²) >= 11 is 17.1. The van der Waals surface area contributed by atoms with Crippen molar-refractivity contribution in [1.82, 2.24) is 5.32 Å². The first-order valence-corrected chi connectivity index (χ1v) is 9.78. The molecule has 0 heterocycles. The monoisotopic (exact) mass is 431 g/mol. The molecule has 0 atom stereocenters. The topological polar surface area (TPSA) is 29.1 Å². The summed E-state index contributed by atoms with van der Waals surface area (Å²) in [5, 5.41) is 4.26. The number of hydrogen-bond donors (Lipinski definition) is 1. The van der Waals surface area contributed by atoms with Crippen molar-refractivity contribution in [3.8, 4) is 0 Å². The Morgan fingerprint density at radius 2 is 2.00 bits per heavy atom. The Morgan fingerprint density at radius 1 is 1.17 bits per heavy atom. The molecule has 2 nitrogen and oxygen atoms in total.